The highest BCUT2D eigenvalue weighted by Crippen LogP contribution is 2.10. The minimum absolute atomic E-state index is 0. The topological polar surface area (TPSA) is 36.4 Å². The first-order valence-corrected chi connectivity index (χ1v) is 6.92. The molecular formula is C15H24F2IN3. The number of guanidine groups is 1. The van der Waals surface area contributed by atoms with Gasteiger partial charge in [-0.25, -0.2) is 13.8 Å². The Bertz CT molecular complexity index is 464. The van der Waals surface area contributed by atoms with E-state index in [1.54, 1.807) is 0 Å². The Kier molecular flexibility index (Phi) is 9.48. The molecule has 1 aromatic rings. The van der Waals surface area contributed by atoms with Gasteiger partial charge in [0.05, 0.1) is 6.54 Å². The summed E-state index contributed by atoms with van der Waals surface area (Å²) in [6.07, 6.45) is 0. The first-order valence-electron chi connectivity index (χ1n) is 6.92. The van der Waals surface area contributed by atoms with Gasteiger partial charge in [0.25, 0.3) is 0 Å². The number of nitrogens with one attached hydrogen (secondary N) is 2. The van der Waals surface area contributed by atoms with Gasteiger partial charge in [0.15, 0.2) is 5.96 Å². The molecule has 6 heteroatoms. The van der Waals surface area contributed by atoms with E-state index in [2.05, 4.69) is 36.4 Å². The minimum atomic E-state index is -0.454. The van der Waals surface area contributed by atoms with Crippen LogP contribution in [0.2, 0.25) is 0 Å². The quantitative estimate of drug-likeness (QED) is 0.441. The van der Waals surface area contributed by atoms with Gasteiger partial charge >= 0.3 is 0 Å². The standard InChI is InChI=1S/C15H23F2N3.HI/c1-5-18-15(20-11(4)10(2)3)19-9-12-8-13(16)6-7-14(12)17;/h6-8,10-11H,5,9H2,1-4H3,(H2,18,19,20);1H. The third-order valence-corrected chi connectivity index (χ3v) is 3.12. The Morgan fingerprint density at radius 3 is 2.48 bits per heavy atom. The predicted molar refractivity (Wildman–Crippen MR) is 94.0 cm³/mol. The zero-order valence-corrected chi connectivity index (χ0v) is 15.2. The van der Waals surface area contributed by atoms with Gasteiger partial charge in [-0.15, -0.1) is 24.0 Å². The van der Waals surface area contributed by atoms with Crippen molar-refractivity contribution in [1.29, 1.82) is 0 Å². The van der Waals surface area contributed by atoms with Crippen LogP contribution < -0.4 is 10.6 Å². The van der Waals surface area contributed by atoms with E-state index in [0.717, 1.165) is 12.1 Å². The Hall–Kier alpha value is -0.920. The highest BCUT2D eigenvalue weighted by molar-refractivity contribution is 14.0. The molecule has 0 saturated carbocycles. The molecule has 0 aliphatic heterocycles. The van der Waals surface area contributed by atoms with E-state index in [9.17, 15) is 8.78 Å². The van der Waals surface area contributed by atoms with E-state index in [-0.39, 0.29) is 42.1 Å². The van der Waals surface area contributed by atoms with Gasteiger partial charge in [-0.05, 0) is 38.0 Å². The first kappa shape index (κ1) is 20.1. The fourth-order valence-electron chi connectivity index (χ4n) is 1.53. The lowest BCUT2D eigenvalue weighted by molar-refractivity contribution is 0.480. The van der Waals surface area contributed by atoms with Crippen LogP contribution in [0.5, 0.6) is 0 Å². The molecule has 0 heterocycles. The van der Waals surface area contributed by atoms with Crippen molar-refractivity contribution in [2.45, 2.75) is 40.3 Å². The summed E-state index contributed by atoms with van der Waals surface area (Å²) < 4.78 is 26.6. The summed E-state index contributed by atoms with van der Waals surface area (Å²) in [4.78, 5) is 4.30. The summed E-state index contributed by atoms with van der Waals surface area (Å²) in [6, 6.07) is 3.64. The number of halogens is 3. The predicted octanol–water partition coefficient (Wildman–Crippen LogP) is 3.68. The number of rotatable bonds is 5. The van der Waals surface area contributed by atoms with Crippen molar-refractivity contribution in [1.82, 2.24) is 10.6 Å². The smallest absolute Gasteiger partial charge is 0.191 e. The summed E-state index contributed by atoms with van der Waals surface area (Å²) in [5.74, 6) is 0.162. The normalized spacial score (nSPS) is 12.8. The van der Waals surface area contributed by atoms with Crippen molar-refractivity contribution in [3.63, 3.8) is 0 Å². The first-order chi connectivity index (χ1) is 9.43. The van der Waals surface area contributed by atoms with Gasteiger partial charge < -0.3 is 10.6 Å². The van der Waals surface area contributed by atoms with E-state index in [4.69, 9.17) is 0 Å². The van der Waals surface area contributed by atoms with Crippen molar-refractivity contribution in [3.05, 3.63) is 35.4 Å². The summed E-state index contributed by atoms with van der Waals surface area (Å²) in [5, 5.41) is 6.34. The molecule has 0 amide bonds. The van der Waals surface area contributed by atoms with Crippen LogP contribution in [0.3, 0.4) is 0 Å². The summed E-state index contributed by atoms with van der Waals surface area (Å²) >= 11 is 0. The van der Waals surface area contributed by atoms with Gasteiger partial charge in [0, 0.05) is 18.2 Å². The van der Waals surface area contributed by atoms with E-state index < -0.39 is 11.6 Å². The second-order valence-corrected chi connectivity index (χ2v) is 5.11. The molecule has 0 saturated heterocycles. The maximum atomic E-state index is 13.5. The van der Waals surface area contributed by atoms with Crippen LogP contribution in [0.15, 0.2) is 23.2 Å². The van der Waals surface area contributed by atoms with Gasteiger partial charge in [-0.3, -0.25) is 0 Å². The monoisotopic (exact) mass is 411 g/mol. The molecule has 0 aromatic heterocycles. The Morgan fingerprint density at radius 2 is 1.90 bits per heavy atom. The van der Waals surface area contributed by atoms with Gasteiger partial charge in [0.2, 0.25) is 0 Å². The average Bonchev–Trinajstić information content (AvgIpc) is 2.39. The molecule has 1 unspecified atom stereocenters. The van der Waals surface area contributed by atoms with Crippen LogP contribution in [0.4, 0.5) is 8.78 Å². The molecule has 1 rings (SSSR count). The number of hydrogen-bond acceptors (Lipinski definition) is 1. The van der Waals surface area contributed by atoms with Crippen molar-refractivity contribution in [2.24, 2.45) is 10.9 Å². The van der Waals surface area contributed by atoms with Crippen molar-refractivity contribution < 1.29 is 8.78 Å². The Balaban J connectivity index is 0.00000400. The third kappa shape index (κ3) is 7.06. The fraction of sp³-hybridized carbons (Fsp3) is 0.533. The lowest BCUT2D eigenvalue weighted by Crippen LogP contribution is -2.44. The highest BCUT2D eigenvalue weighted by Gasteiger charge is 2.09. The van der Waals surface area contributed by atoms with Crippen LogP contribution in [-0.4, -0.2) is 18.5 Å². The van der Waals surface area contributed by atoms with Crippen LogP contribution in [0, 0.1) is 17.6 Å². The zero-order chi connectivity index (χ0) is 15.1. The lowest BCUT2D eigenvalue weighted by atomic mass is 10.1. The molecule has 0 fully saturated rings. The summed E-state index contributed by atoms with van der Waals surface area (Å²) in [5.41, 5.74) is 0.249. The molecule has 0 bridgehead atoms. The van der Waals surface area contributed by atoms with E-state index in [0.29, 0.717) is 18.4 Å². The summed E-state index contributed by atoms with van der Waals surface area (Å²) in [6.45, 7) is 9.03. The van der Waals surface area contributed by atoms with Crippen molar-refractivity contribution >= 4 is 29.9 Å². The molecule has 2 N–H and O–H groups in total. The lowest BCUT2D eigenvalue weighted by Gasteiger charge is -2.20. The molecule has 120 valence electrons. The number of nitrogens with zero attached hydrogens (tertiary/aromatic N) is 1. The highest BCUT2D eigenvalue weighted by atomic mass is 127. The maximum absolute atomic E-state index is 13.5. The molecule has 0 spiro atoms. The van der Waals surface area contributed by atoms with Crippen LogP contribution in [-0.2, 0) is 6.54 Å². The molecule has 0 aliphatic rings. The molecule has 3 nitrogen and oxygen atoms in total. The second kappa shape index (κ2) is 9.92. The van der Waals surface area contributed by atoms with E-state index >= 15 is 0 Å². The minimum Gasteiger partial charge on any atom is -0.357 e. The summed E-state index contributed by atoms with van der Waals surface area (Å²) in [7, 11) is 0. The van der Waals surface area contributed by atoms with E-state index in [1.165, 1.54) is 6.07 Å². The van der Waals surface area contributed by atoms with Crippen molar-refractivity contribution in [2.75, 3.05) is 6.54 Å². The van der Waals surface area contributed by atoms with Crippen LogP contribution in [0.1, 0.15) is 33.3 Å². The fourth-order valence-corrected chi connectivity index (χ4v) is 1.53. The Labute approximate surface area is 142 Å². The number of aliphatic imine (C=N–C) groups is 1. The van der Waals surface area contributed by atoms with Gasteiger partial charge in [-0.2, -0.15) is 0 Å². The molecule has 21 heavy (non-hydrogen) atoms. The van der Waals surface area contributed by atoms with Gasteiger partial charge in [-0.1, -0.05) is 13.8 Å². The molecule has 1 aromatic carbocycles. The zero-order valence-electron chi connectivity index (χ0n) is 12.9. The molecule has 0 aliphatic carbocycles. The second-order valence-electron chi connectivity index (χ2n) is 5.11. The Morgan fingerprint density at radius 1 is 1.24 bits per heavy atom. The van der Waals surface area contributed by atoms with Crippen molar-refractivity contribution in [3.8, 4) is 0 Å². The maximum Gasteiger partial charge on any atom is 0.191 e. The average molecular weight is 411 g/mol. The SMILES string of the molecule is CCNC(=NCc1cc(F)ccc1F)NC(C)C(C)C.I. The van der Waals surface area contributed by atoms with Crippen LogP contribution in [0.25, 0.3) is 0 Å². The molecule has 1 atom stereocenters. The third-order valence-electron chi connectivity index (χ3n) is 3.12. The van der Waals surface area contributed by atoms with Gasteiger partial charge in [0.1, 0.15) is 11.6 Å². The van der Waals surface area contributed by atoms with Crippen LogP contribution >= 0.6 is 24.0 Å². The number of benzene rings is 1. The molecule has 0 radical (unpaired) electrons. The van der Waals surface area contributed by atoms with E-state index in [1.807, 2.05) is 6.92 Å². The molecular weight excluding hydrogens is 387 g/mol. The number of hydrogen-bond donors (Lipinski definition) is 2. The largest absolute Gasteiger partial charge is 0.357 e.